The molecular weight excluding hydrogens is 336 g/mol. The molecule has 3 aromatic rings. The minimum absolute atomic E-state index is 0.0371. The summed E-state index contributed by atoms with van der Waals surface area (Å²) in [5, 5.41) is 0. The molecule has 0 saturated heterocycles. The van der Waals surface area contributed by atoms with Gasteiger partial charge in [-0.1, -0.05) is 30.3 Å². The van der Waals surface area contributed by atoms with Crippen molar-refractivity contribution in [3.8, 4) is 22.6 Å². The summed E-state index contributed by atoms with van der Waals surface area (Å²) < 4.78 is 27.0. The fourth-order valence-electron chi connectivity index (χ4n) is 2.47. The average molecular weight is 356 g/mol. The molecule has 0 unspecified atom stereocenters. The molecule has 6 nitrogen and oxygen atoms in total. The Bertz CT molecular complexity index is 933. The predicted octanol–water partition coefficient (Wildman–Crippen LogP) is 2.50. The number of nitrogens with zero attached hydrogens (tertiary/aromatic N) is 4. The molecular formula is C18H20N4O2S. The first-order valence-electron chi connectivity index (χ1n) is 7.90. The van der Waals surface area contributed by atoms with Crippen molar-refractivity contribution in [3.05, 3.63) is 61.1 Å². The summed E-state index contributed by atoms with van der Waals surface area (Å²) in [6, 6.07) is 13.7. The van der Waals surface area contributed by atoms with E-state index in [1.807, 2.05) is 47.0 Å². The van der Waals surface area contributed by atoms with Gasteiger partial charge in [0.2, 0.25) is 10.0 Å². The summed E-state index contributed by atoms with van der Waals surface area (Å²) in [5.41, 5.74) is 2.87. The predicted molar refractivity (Wildman–Crippen MR) is 98.4 cm³/mol. The molecule has 3 rings (SSSR count). The van der Waals surface area contributed by atoms with E-state index < -0.39 is 10.0 Å². The van der Waals surface area contributed by atoms with E-state index in [9.17, 15) is 8.42 Å². The SMILES string of the molecule is CN(C)S(=O)(=O)CCn1ccnc1-c1ccc(-c2ccccn2)cc1. The van der Waals surface area contributed by atoms with Gasteiger partial charge in [0.15, 0.2) is 0 Å². The van der Waals surface area contributed by atoms with Gasteiger partial charge >= 0.3 is 0 Å². The lowest BCUT2D eigenvalue weighted by atomic mass is 10.1. The van der Waals surface area contributed by atoms with Crippen LogP contribution in [0.2, 0.25) is 0 Å². The van der Waals surface area contributed by atoms with Crippen LogP contribution in [-0.4, -0.2) is 47.1 Å². The Hall–Kier alpha value is -2.51. The number of hydrogen-bond donors (Lipinski definition) is 0. The molecule has 25 heavy (non-hydrogen) atoms. The summed E-state index contributed by atoms with van der Waals surface area (Å²) in [4.78, 5) is 8.71. The van der Waals surface area contributed by atoms with Gasteiger partial charge in [-0.05, 0) is 12.1 Å². The molecule has 0 fully saturated rings. The molecule has 7 heteroatoms. The molecule has 2 aromatic heterocycles. The van der Waals surface area contributed by atoms with E-state index in [0.29, 0.717) is 6.54 Å². The number of aryl methyl sites for hydroxylation is 1. The first kappa shape index (κ1) is 17.3. The molecule has 0 spiro atoms. The molecule has 0 bridgehead atoms. The smallest absolute Gasteiger partial charge is 0.215 e. The van der Waals surface area contributed by atoms with Crippen molar-refractivity contribution in [2.24, 2.45) is 0 Å². The highest BCUT2D eigenvalue weighted by atomic mass is 32.2. The van der Waals surface area contributed by atoms with Crippen LogP contribution in [0, 0.1) is 0 Å². The Morgan fingerprint density at radius 3 is 2.32 bits per heavy atom. The van der Waals surface area contributed by atoms with E-state index in [1.54, 1.807) is 32.7 Å². The second-order valence-electron chi connectivity index (χ2n) is 5.83. The van der Waals surface area contributed by atoms with Crippen molar-refractivity contribution >= 4 is 10.0 Å². The molecule has 0 aliphatic rings. The fourth-order valence-corrected chi connectivity index (χ4v) is 3.26. The molecule has 0 aliphatic carbocycles. The lowest BCUT2D eigenvalue weighted by Gasteiger charge is -2.13. The third-order valence-corrected chi connectivity index (χ3v) is 5.78. The highest BCUT2D eigenvalue weighted by Crippen LogP contribution is 2.22. The van der Waals surface area contributed by atoms with E-state index in [2.05, 4.69) is 9.97 Å². The Kier molecular flexibility index (Phi) is 4.96. The van der Waals surface area contributed by atoms with Crippen molar-refractivity contribution in [2.45, 2.75) is 6.54 Å². The standard InChI is InChI=1S/C18H20N4O2S/c1-21(2)25(23,24)14-13-22-12-11-20-18(22)16-8-6-15(7-9-16)17-5-3-4-10-19-17/h3-12H,13-14H2,1-2H3. The number of sulfonamides is 1. The van der Waals surface area contributed by atoms with Gasteiger partial charge in [0.1, 0.15) is 5.82 Å². The minimum atomic E-state index is -3.24. The Morgan fingerprint density at radius 2 is 1.68 bits per heavy atom. The van der Waals surface area contributed by atoms with E-state index >= 15 is 0 Å². The summed E-state index contributed by atoms with van der Waals surface area (Å²) in [6.07, 6.45) is 5.25. The van der Waals surface area contributed by atoms with Crippen LogP contribution in [0.5, 0.6) is 0 Å². The van der Waals surface area contributed by atoms with Crippen molar-refractivity contribution in [2.75, 3.05) is 19.8 Å². The van der Waals surface area contributed by atoms with Crippen LogP contribution in [0.1, 0.15) is 0 Å². The number of benzene rings is 1. The van der Waals surface area contributed by atoms with Crippen molar-refractivity contribution < 1.29 is 8.42 Å². The van der Waals surface area contributed by atoms with E-state index in [4.69, 9.17) is 0 Å². The average Bonchev–Trinajstić information content (AvgIpc) is 3.09. The third kappa shape index (κ3) is 3.94. The monoisotopic (exact) mass is 356 g/mol. The van der Waals surface area contributed by atoms with Crippen molar-refractivity contribution in [3.63, 3.8) is 0 Å². The van der Waals surface area contributed by atoms with Crippen LogP contribution < -0.4 is 0 Å². The van der Waals surface area contributed by atoms with E-state index in [0.717, 1.165) is 22.6 Å². The first-order chi connectivity index (χ1) is 12.0. The molecule has 0 saturated carbocycles. The lowest BCUT2D eigenvalue weighted by Crippen LogP contribution is -2.27. The summed E-state index contributed by atoms with van der Waals surface area (Å²) in [7, 11) is -0.155. The second-order valence-corrected chi connectivity index (χ2v) is 8.14. The summed E-state index contributed by atoms with van der Waals surface area (Å²) >= 11 is 0. The quantitative estimate of drug-likeness (QED) is 0.680. The van der Waals surface area contributed by atoms with Gasteiger partial charge < -0.3 is 4.57 Å². The number of imidazole rings is 1. The molecule has 130 valence electrons. The van der Waals surface area contributed by atoms with Crippen LogP contribution >= 0.6 is 0 Å². The second kappa shape index (κ2) is 7.16. The van der Waals surface area contributed by atoms with E-state index in [1.165, 1.54) is 4.31 Å². The minimum Gasteiger partial charge on any atom is -0.330 e. The van der Waals surface area contributed by atoms with Crippen molar-refractivity contribution in [1.29, 1.82) is 0 Å². The van der Waals surface area contributed by atoms with Gasteiger partial charge in [0.05, 0.1) is 11.4 Å². The van der Waals surface area contributed by atoms with Gasteiger partial charge in [-0.3, -0.25) is 4.98 Å². The topological polar surface area (TPSA) is 68.1 Å². The maximum atomic E-state index is 12.0. The molecule has 0 amide bonds. The number of hydrogen-bond acceptors (Lipinski definition) is 4. The largest absolute Gasteiger partial charge is 0.330 e. The lowest BCUT2D eigenvalue weighted by molar-refractivity contribution is 0.515. The zero-order chi connectivity index (χ0) is 17.9. The highest BCUT2D eigenvalue weighted by Gasteiger charge is 2.15. The van der Waals surface area contributed by atoms with Gasteiger partial charge in [0.25, 0.3) is 0 Å². The normalized spacial score (nSPS) is 11.8. The van der Waals surface area contributed by atoms with Gasteiger partial charge in [0, 0.05) is 50.4 Å². The zero-order valence-electron chi connectivity index (χ0n) is 14.2. The molecule has 1 aromatic carbocycles. The van der Waals surface area contributed by atoms with Gasteiger partial charge in [-0.25, -0.2) is 17.7 Å². The number of pyridine rings is 1. The van der Waals surface area contributed by atoms with Crippen LogP contribution in [0.3, 0.4) is 0 Å². The maximum Gasteiger partial charge on any atom is 0.215 e. The van der Waals surface area contributed by atoms with Crippen LogP contribution in [0.4, 0.5) is 0 Å². The van der Waals surface area contributed by atoms with Crippen LogP contribution in [-0.2, 0) is 16.6 Å². The third-order valence-electron chi connectivity index (χ3n) is 3.97. The van der Waals surface area contributed by atoms with Crippen LogP contribution in [0.25, 0.3) is 22.6 Å². The van der Waals surface area contributed by atoms with Gasteiger partial charge in [-0.2, -0.15) is 0 Å². The molecule has 0 aliphatic heterocycles. The molecule has 0 atom stereocenters. The maximum absolute atomic E-state index is 12.0. The number of aromatic nitrogens is 3. The summed E-state index contributed by atoms with van der Waals surface area (Å²) in [5.74, 6) is 0.788. The Morgan fingerprint density at radius 1 is 0.960 bits per heavy atom. The van der Waals surface area contributed by atoms with E-state index in [-0.39, 0.29) is 5.75 Å². The molecule has 0 N–H and O–H groups in total. The van der Waals surface area contributed by atoms with Crippen molar-refractivity contribution in [1.82, 2.24) is 18.8 Å². The first-order valence-corrected chi connectivity index (χ1v) is 9.51. The molecule has 2 heterocycles. The summed E-state index contributed by atoms with van der Waals surface area (Å²) in [6.45, 7) is 0.359. The fraction of sp³-hybridized carbons (Fsp3) is 0.222. The number of rotatable bonds is 6. The van der Waals surface area contributed by atoms with Crippen LogP contribution in [0.15, 0.2) is 61.1 Å². The Balaban J connectivity index is 1.81. The van der Waals surface area contributed by atoms with Gasteiger partial charge in [-0.15, -0.1) is 0 Å². The Labute approximate surface area is 147 Å². The highest BCUT2D eigenvalue weighted by molar-refractivity contribution is 7.89. The molecule has 0 radical (unpaired) electrons. The zero-order valence-corrected chi connectivity index (χ0v) is 15.0.